The zero-order chi connectivity index (χ0) is 19.1. The fraction of sp³-hybridized carbons (Fsp3) is 0.222. The Hall–Kier alpha value is -2.31. The fourth-order valence-electron chi connectivity index (χ4n) is 2.29. The van der Waals surface area contributed by atoms with Gasteiger partial charge in [-0.3, -0.25) is 0 Å². The molecule has 0 aromatic heterocycles. The molecule has 3 N–H and O–H groups in total. The predicted octanol–water partition coefficient (Wildman–Crippen LogP) is 2.81. The van der Waals surface area contributed by atoms with Crippen molar-refractivity contribution in [2.75, 3.05) is 0 Å². The van der Waals surface area contributed by atoms with Gasteiger partial charge in [0.1, 0.15) is 0 Å². The second kappa shape index (κ2) is 8.38. The van der Waals surface area contributed by atoms with E-state index in [1.165, 1.54) is 13.8 Å². The maximum absolute atomic E-state index is 11.7. The normalized spacial score (nSPS) is 12.7. The Kier molecular flexibility index (Phi) is 6.45. The molecule has 0 aliphatic rings. The Morgan fingerprint density at radius 3 is 1.46 bits per heavy atom. The Bertz CT molecular complexity index is 691. The van der Waals surface area contributed by atoms with Crippen molar-refractivity contribution in [3.05, 3.63) is 71.8 Å². The second-order valence-electron chi connectivity index (χ2n) is 5.77. The van der Waals surface area contributed by atoms with E-state index < -0.39 is 19.4 Å². The van der Waals surface area contributed by atoms with Gasteiger partial charge in [0.15, 0.2) is 0 Å². The molecule has 7 nitrogen and oxygen atoms in total. The molecule has 0 fully saturated rings. The predicted molar refractivity (Wildman–Crippen MR) is 99.2 cm³/mol. The summed E-state index contributed by atoms with van der Waals surface area (Å²) in [5.41, 5.74) is 1.49. The summed E-state index contributed by atoms with van der Waals surface area (Å²) >= 11 is 0. The van der Waals surface area contributed by atoms with Gasteiger partial charge in [0, 0.05) is 0 Å². The maximum atomic E-state index is 11.7. The van der Waals surface area contributed by atoms with Crippen LogP contribution < -0.4 is 10.2 Å². The molecule has 0 unspecified atom stereocenters. The molecule has 2 aromatic rings. The van der Waals surface area contributed by atoms with Crippen LogP contribution in [0.4, 0.5) is 0 Å². The first kappa shape index (κ1) is 20.0. The minimum atomic E-state index is -4.98. The van der Waals surface area contributed by atoms with Gasteiger partial charge in [-0.15, -0.1) is 0 Å². The molecule has 2 rings (SSSR count). The van der Waals surface area contributed by atoms with E-state index in [-0.39, 0.29) is 13.2 Å². The van der Waals surface area contributed by atoms with Crippen LogP contribution in [0.1, 0.15) is 25.0 Å². The van der Waals surface area contributed by atoms with Gasteiger partial charge in [-0.1, -0.05) is 0 Å². The third kappa shape index (κ3) is 5.89. The van der Waals surface area contributed by atoms with Gasteiger partial charge in [-0.2, -0.15) is 0 Å². The standard InChI is InChI=1S/C18H23N2O5P/c1-15(21)19-26(23,20-16(2)22,24-13-17-9-5-3-6-10-17)25-14-18-11-7-4-8-12-18/h3-12,23H,13-14H2,1-2H3,(H,19,21)(H,20,22). The fourth-order valence-corrected chi connectivity index (χ4v) is 4.56. The first-order chi connectivity index (χ1) is 12.3. The molecule has 0 heterocycles. The molecule has 0 atom stereocenters. The molecule has 26 heavy (non-hydrogen) atoms. The monoisotopic (exact) mass is 378 g/mol. The number of hydrogen-bond acceptors (Lipinski definition) is 5. The second-order valence-corrected chi connectivity index (χ2v) is 8.56. The van der Waals surface area contributed by atoms with Crippen LogP contribution in [0.2, 0.25) is 0 Å². The molecule has 0 bridgehead atoms. The van der Waals surface area contributed by atoms with Gasteiger partial charge >= 0.3 is 152 Å². The Morgan fingerprint density at radius 1 is 0.808 bits per heavy atom. The van der Waals surface area contributed by atoms with Gasteiger partial charge in [-0.25, -0.2) is 0 Å². The van der Waals surface area contributed by atoms with Crippen molar-refractivity contribution in [2.45, 2.75) is 27.1 Å². The van der Waals surface area contributed by atoms with Crippen LogP contribution >= 0.6 is 7.59 Å². The number of hydrogen-bond donors (Lipinski definition) is 3. The Labute approximate surface area is 152 Å². The van der Waals surface area contributed by atoms with Crippen molar-refractivity contribution in [3.63, 3.8) is 0 Å². The van der Waals surface area contributed by atoms with Crippen LogP contribution in [0.15, 0.2) is 60.7 Å². The van der Waals surface area contributed by atoms with E-state index in [1.807, 2.05) is 36.4 Å². The number of carbonyl (C=O) groups is 2. The minimum absolute atomic E-state index is 0.0650. The van der Waals surface area contributed by atoms with Crippen molar-refractivity contribution in [1.29, 1.82) is 0 Å². The van der Waals surface area contributed by atoms with Gasteiger partial charge in [-0.05, 0) is 0 Å². The van der Waals surface area contributed by atoms with Crippen molar-refractivity contribution in [3.8, 4) is 0 Å². The van der Waals surface area contributed by atoms with Crippen LogP contribution in [0.3, 0.4) is 0 Å². The Balaban J connectivity index is 2.29. The molecule has 0 aliphatic carbocycles. The molecular weight excluding hydrogens is 355 g/mol. The molecule has 2 aromatic carbocycles. The summed E-state index contributed by atoms with van der Waals surface area (Å²) in [7, 11) is -4.98. The third-order valence-corrected chi connectivity index (χ3v) is 5.97. The van der Waals surface area contributed by atoms with E-state index in [0.717, 1.165) is 11.1 Å². The molecule has 0 saturated heterocycles. The topological polar surface area (TPSA) is 96.9 Å². The quantitative estimate of drug-likeness (QED) is 0.614. The van der Waals surface area contributed by atoms with Gasteiger partial charge in [0.25, 0.3) is 0 Å². The zero-order valence-electron chi connectivity index (χ0n) is 14.7. The van der Waals surface area contributed by atoms with Crippen molar-refractivity contribution in [1.82, 2.24) is 10.2 Å². The summed E-state index contributed by atoms with van der Waals surface area (Å²) in [6, 6.07) is 18.1. The van der Waals surface area contributed by atoms with Crippen LogP contribution in [-0.4, -0.2) is 16.7 Å². The zero-order valence-corrected chi connectivity index (χ0v) is 15.6. The first-order valence-electron chi connectivity index (χ1n) is 8.03. The average Bonchev–Trinajstić information content (AvgIpc) is 2.59. The van der Waals surface area contributed by atoms with Gasteiger partial charge < -0.3 is 0 Å². The molecule has 140 valence electrons. The summed E-state index contributed by atoms with van der Waals surface area (Å²) in [4.78, 5) is 34.7. The summed E-state index contributed by atoms with van der Waals surface area (Å²) in [6.07, 6.45) is 0. The SMILES string of the molecule is CC(=O)NP(O)(NC(C)=O)(OCc1ccccc1)OCc1ccccc1. The third-order valence-electron chi connectivity index (χ3n) is 3.34. The number of carbonyl (C=O) groups excluding carboxylic acids is 2. The van der Waals surface area contributed by atoms with E-state index in [2.05, 4.69) is 10.2 Å². The van der Waals surface area contributed by atoms with Crippen LogP contribution in [0, 0.1) is 0 Å². The van der Waals surface area contributed by atoms with E-state index >= 15 is 0 Å². The molecule has 0 spiro atoms. The summed E-state index contributed by atoms with van der Waals surface area (Å²) in [5, 5.41) is 4.62. The van der Waals surface area contributed by atoms with E-state index in [0.29, 0.717) is 0 Å². The number of amides is 2. The first-order valence-corrected chi connectivity index (χ1v) is 10.1. The average molecular weight is 378 g/mol. The van der Waals surface area contributed by atoms with Crippen LogP contribution in [0.5, 0.6) is 0 Å². The van der Waals surface area contributed by atoms with Crippen LogP contribution in [-0.2, 0) is 31.9 Å². The molecule has 0 radical (unpaired) electrons. The van der Waals surface area contributed by atoms with Crippen molar-refractivity contribution < 1.29 is 23.5 Å². The van der Waals surface area contributed by atoms with Gasteiger partial charge in [0.05, 0.1) is 0 Å². The molecular formula is C18H23N2O5P. The summed E-state index contributed by atoms with van der Waals surface area (Å²) < 4.78 is 11.3. The van der Waals surface area contributed by atoms with Crippen molar-refractivity contribution >= 4 is 19.4 Å². The molecule has 8 heteroatoms. The number of benzene rings is 2. The van der Waals surface area contributed by atoms with Crippen molar-refractivity contribution in [2.24, 2.45) is 0 Å². The van der Waals surface area contributed by atoms with E-state index in [4.69, 9.17) is 9.05 Å². The molecule has 0 saturated carbocycles. The number of nitrogens with one attached hydrogen (secondary N) is 2. The Morgan fingerprint density at radius 2 is 1.15 bits per heavy atom. The van der Waals surface area contributed by atoms with Gasteiger partial charge in [0.2, 0.25) is 0 Å². The van der Waals surface area contributed by atoms with E-state index in [9.17, 15) is 14.5 Å². The van der Waals surface area contributed by atoms with E-state index in [1.54, 1.807) is 24.3 Å². The number of rotatable bonds is 8. The summed E-state index contributed by atoms with van der Waals surface area (Å²) in [5.74, 6) is -1.19. The molecule has 2 amide bonds. The van der Waals surface area contributed by atoms with Crippen LogP contribution in [0.25, 0.3) is 0 Å². The molecule has 0 aliphatic heterocycles. The summed E-state index contributed by atoms with van der Waals surface area (Å²) in [6.45, 7) is 2.28.